The first kappa shape index (κ1) is 11.6. The second kappa shape index (κ2) is 4.97. The average Bonchev–Trinajstić information content (AvgIpc) is 2.22. The lowest BCUT2D eigenvalue weighted by molar-refractivity contribution is 0.624. The minimum atomic E-state index is -0.222. The minimum absolute atomic E-state index is 0.222. The van der Waals surface area contributed by atoms with Gasteiger partial charge in [0.15, 0.2) is 0 Å². The Balaban J connectivity index is 2.27. The number of hydrogen-bond acceptors (Lipinski definition) is 2. The average molecular weight is 298 g/mol. The fourth-order valence-corrected chi connectivity index (χ4v) is 2.59. The summed E-state index contributed by atoms with van der Waals surface area (Å²) in [5.74, 6) is -0.222. The van der Waals surface area contributed by atoms with Crippen LogP contribution in [0.15, 0.2) is 50.9 Å². The summed E-state index contributed by atoms with van der Waals surface area (Å²) in [5.41, 5.74) is 1.07. The number of hydrogen-bond donors (Lipinski definition) is 0. The van der Waals surface area contributed by atoms with Gasteiger partial charge in [-0.05, 0) is 52.7 Å². The number of benzene rings is 1. The highest BCUT2D eigenvalue weighted by molar-refractivity contribution is 9.10. The lowest BCUT2D eigenvalue weighted by Gasteiger charge is -2.04. The molecule has 82 valence electrons. The summed E-state index contributed by atoms with van der Waals surface area (Å²) < 4.78 is 13.9. The Hall–Kier alpha value is -0.870. The summed E-state index contributed by atoms with van der Waals surface area (Å²) in [5, 5.41) is 0.897. The maximum atomic E-state index is 13.0. The summed E-state index contributed by atoms with van der Waals surface area (Å²) in [6, 6.07) is 8.51. The van der Waals surface area contributed by atoms with E-state index in [-0.39, 0.29) is 5.82 Å². The van der Waals surface area contributed by atoms with E-state index < -0.39 is 0 Å². The monoisotopic (exact) mass is 297 g/mol. The fourth-order valence-electron chi connectivity index (χ4n) is 1.28. The van der Waals surface area contributed by atoms with Crippen LogP contribution in [0.5, 0.6) is 0 Å². The molecule has 2 rings (SSSR count). The van der Waals surface area contributed by atoms with Crippen molar-refractivity contribution in [3.05, 3.63) is 52.4 Å². The Bertz CT molecular complexity index is 516. The molecular formula is C12H9BrFNS. The van der Waals surface area contributed by atoms with E-state index in [4.69, 9.17) is 0 Å². The third-order valence-corrected chi connectivity index (χ3v) is 3.55. The van der Waals surface area contributed by atoms with Crippen LogP contribution in [0, 0.1) is 12.7 Å². The summed E-state index contributed by atoms with van der Waals surface area (Å²) in [7, 11) is 0. The Morgan fingerprint density at radius 1 is 1.31 bits per heavy atom. The number of pyridine rings is 1. The predicted octanol–water partition coefficient (Wildman–Crippen LogP) is 4.44. The number of aromatic nitrogens is 1. The fraction of sp³-hybridized carbons (Fsp3) is 0.0833. The van der Waals surface area contributed by atoms with E-state index in [1.807, 2.05) is 19.1 Å². The molecule has 4 heteroatoms. The molecule has 0 atom stereocenters. The molecule has 0 aliphatic carbocycles. The molecule has 1 aromatic carbocycles. The topological polar surface area (TPSA) is 12.9 Å². The summed E-state index contributed by atoms with van der Waals surface area (Å²) >= 11 is 4.83. The van der Waals surface area contributed by atoms with E-state index >= 15 is 0 Å². The van der Waals surface area contributed by atoms with Crippen LogP contribution in [0.4, 0.5) is 4.39 Å². The molecule has 0 radical (unpaired) electrons. The first-order valence-corrected chi connectivity index (χ1v) is 6.31. The van der Waals surface area contributed by atoms with E-state index in [1.165, 1.54) is 23.9 Å². The van der Waals surface area contributed by atoms with Crippen molar-refractivity contribution < 1.29 is 4.39 Å². The second-order valence-corrected chi connectivity index (χ2v) is 5.31. The van der Waals surface area contributed by atoms with Gasteiger partial charge in [-0.15, -0.1) is 0 Å². The summed E-state index contributed by atoms with van der Waals surface area (Å²) in [4.78, 5) is 5.16. The third kappa shape index (κ3) is 2.83. The second-order valence-electron chi connectivity index (χ2n) is 3.34. The molecule has 16 heavy (non-hydrogen) atoms. The van der Waals surface area contributed by atoms with Crippen molar-refractivity contribution in [1.82, 2.24) is 4.98 Å². The quantitative estimate of drug-likeness (QED) is 0.813. The Morgan fingerprint density at radius 3 is 2.81 bits per heavy atom. The molecule has 0 amide bonds. The van der Waals surface area contributed by atoms with E-state index in [1.54, 1.807) is 12.3 Å². The van der Waals surface area contributed by atoms with Crippen molar-refractivity contribution in [2.24, 2.45) is 0 Å². The molecule has 0 spiro atoms. The number of nitrogens with zero attached hydrogens (tertiary/aromatic N) is 1. The molecule has 2 aromatic rings. The van der Waals surface area contributed by atoms with Gasteiger partial charge in [0.05, 0.1) is 0 Å². The highest BCUT2D eigenvalue weighted by Crippen LogP contribution is 2.29. The lowest BCUT2D eigenvalue weighted by Crippen LogP contribution is -1.85. The maximum Gasteiger partial charge on any atom is 0.124 e. The van der Waals surface area contributed by atoms with Gasteiger partial charge in [-0.25, -0.2) is 9.37 Å². The first-order valence-electron chi connectivity index (χ1n) is 4.71. The van der Waals surface area contributed by atoms with E-state index in [9.17, 15) is 4.39 Å². The van der Waals surface area contributed by atoms with Crippen LogP contribution in [-0.2, 0) is 0 Å². The van der Waals surface area contributed by atoms with Crippen molar-refractivity contribution in [2.45, 2.75) is 16.8 Å². The van der Waals surface area contributed by atoms with Crippen LogP contribution in [0.1, 0.15) is 5.56 Å². The van der Waals surface area contributed by atoms with E-state index in [0.717, 1.165) is 20.0 Å². The molecule has 0 aliphatic rings. The molecular weight excluding hydrogens is 289 g/mol. The van der Waals surface area contributed by atoms with E-state index in [0.29, 0.717) is 0 Å². The van der Waals surface area contributed by atoms with Gasteiger partial charge in [0, 0.05) is 15.6 Å². The van der Waals surface area contributed by atoms with Crippen LogP contribution >= 0.6 is 27.7 Å². The molecule has 0 N–H and O–H groups in total. The lowest BCUT2D eigenvalue weighted by atomic mass is 10.3. The van der Waals surface area contributed by atoms with Gasteiger partial charge in [0.2, 0.25) is 0 Å². The Morgan fingerprint density at radius 2 is 2.12 bits per heavy atom. The molecule has 1 nitrogen and oxygen atoms in total. The standard InChI is InChI=1S/C12H9BrFNS/c1-8-5-9(13)7-15-12(8)16-11-4-2-3-10(14)6-11/h2-7H,1H3. The number of aryl methyl sites for hydroxylation is 1. The molecule has 0 saturated heterocycles. The summed E-state index contributed by atoms with van der Waals surface area (Å²) in [6.45, 7) is 1.99. The molecule has 1 aromatic heterocycles. The smallest absolute Gasteiger partial charge is 0.124 e. The molecule has 0 aliphatic heterocycles. The highest BCUT2D eigenvalue weighted by atomic mass is 79.9. The van der Waals surface area contributed by atoms with Crippen LogP contribution in [0.2, 0.25) is 0 Å². The largest absolute Gasteiger partial charge is 0.248 e. The summed E-state index contributed by atoms with van der Waals surface area (Å²) in [6.07, 6.45) is 1.74. The van der Waals surface area contributed by atoms with Crippen molar-refractivity contribution in [2.75, 3.05) is 0 Å². The van der Waals surface area contributed by atoms with Gasteiger partial charge in [-0.2, -0.15) is 0 Å². The van der Waals surface area contributed by atoms with Crippen LogP contribution in [0.3, 0.4) is 0 Å². The maximum absolute atomic E-state index is 13.0. The first-order chi connectivity index (χ1) is 7.65. The van der Waals surface area contributed by atoms with Gasteiger partial charge in [0.25, 0.3) is 0 Å². The van der Waals surface area contributed by atoms with Crippen LogP contribution in [-0.4, -0.2) is 4.98 Å². The molecule has 0 bridgehead atoms. The highest BCUT2D eigenvalue weighted by Gasteiger charge is 2.04. The Labute approximate surface area is 106 Å². The zero-order valence-corrected chi connectivity index (χ0v) is 11.0. The number of halogens is 2. The van der Waals surface area contributed by atoms with Crippen molar-refractivity contribution in [3.8, 4) is 0 Å². The van der Waals surface area contributed by atoms with Crippen molar-refractivity contribution in [1.29, 1.82) is 0 Å². The van der Waals surface area contributed by atoms with Gasteiger partial charge in [-0.3, -0.25) is 0 Å². The minimum Gasteiger partial charge on any atom is -0.248 e. The normalized spacial score (nSPS) is 10.4. The molecule has 0 unspecified atom stereocenters. The Kier molecular flexibility index (Phi) is 3.61. The SMILES string of the molecule is Cc1cc(Br)cnc1Sc1cccc(F)c1. The molecule has 0 saturated carbocycles. The van der Waals surface area contributed by atoms with Gasteiger partial charge in [-0.1, -0.05) is 17.8 Å². The number of rotatable bonds is 2. The third-order valence-electron chi connectivity index (χ3n) is 2.01. The van der Waals surface area contributed by atoms with Gasteiger partial charge in [0.1, 0.15) is 10.8 Å². The van der Waals surface area contributed by atoms with Gasteiger partial charge < -0.3 is 0 Å². The predicted molar refractivity (Wildman–Crippen MR) is 67.2 cm³/mol. The van der Waals surface area contributed by atoms with Crippen LogP contribution in [0.25, 0.3) is 0 Å². The van der Waals surface area contributed by atoms with Crippen LogP contribution < -0.4 is 0 Å². The molecule has 0 fully saturated rings. The van der Waals surface area contributed by atoms with E-state index in [2.05, 4.69) is 20.9 Å². The van der Waals surface area contributed by atoms with Crippen molar-refractivity contribution in [3.63, 3.8) is 0 Å². The van der Waals surface area contributed by atoms with Crippen molar-refractivity contribution >= 4 is 27.7 Å². The zero-order chi connectivity index (χ0) is 11.5. The van der Waals surface area contributed by atoms with Gasteiger partial charge >= 0.3 is 0 Å². The zero-order valence-electron chi connectivity index (χ0n) is 8.58. The molecule has 1 heterocycles.